The Labute approximate surface area is 114 Å². The van der Waals surface area contributed by atoms with Crippen LogP contribution in [-0.4, -0.2) is 21.4 Å². The molecule has 2 radical (unpaired) electrons. The first-order valence-corrected chi connectivity index (χ1v) is 6.07. The van der Waals surface area contributed by atoms with Crippen molar-refractivity contribution in [3.05, 3.63) is 30.3 Å². The van der Waals surface area contributed by atoms with Crippen LogP contribution in [0.15, 0.2) is 35.2 Å². The van der Waals surface area contributed by atoms with Crippen molar-refractivity contribution >= 4 is 20.5 Å². The average Bonchev–Trinajstić information content (AvgIpc) is 2.01. The Morgan fingerprint density at radius 3 is 1.75 bits per heavy atom. The Bertz CT molecular complexity index is 509. The van der Waals surface area contributed by atoms with Gasteiger partial charge in [0, 0.05) is 34.1 Å². The standard InChI is InChI=1S/C6H6O6S2.2Cu/c7-13(8,12-14(9,10)11)6-4-2-1-3-5-6;;/h1-5H,(H,9,10,11);;. The molecule has 0 unspecified atom stereocenters. The molecule has 0 saturated heterocycles. The monoisotopic (exact) mass is 364 g/mol. The summed E-state index contributed by atoms with van der Waals surface area (Å²) >= 11 is 0. The second kappa shape index (κ2) is 6.73. The van der Waals surface area contributed by atoms with E-state index in [2.05, 4.69) is 3.63 Å². The first-order valence-electron chi connectivity index (χ1n) is 3.30. The SMILES string of the molecule is O=S(=O)(O)OS(=O)(=O)c1ccccc1.[Cu].[Cu]. The van der Waals surface area contributed by atoms with Crippen molar-refractivity contribution in [3.8, 4) is 0 Å². The molecule has 10 heteroatoms. The van der Waals surface area contributed by atoms with E-state index in [1.807, 2.05) is 0 Å². The molecule has 1 aromatic rings. The van der Waals surface area contributed by atoms with Crippen LogP contribution in [0.5, 0.6) is 0 Å². The molecule has 0 spiro atoms. The molecule has 0 aromatic heterocycles. The van der Waals surface area contributed by atoms with Crippen LogP contribution >= 0.6 is 0 Å². The van der Waals surface area contributed by atoms with E-state index in [0.29, 0.717) is 0 Å². The fourth-order valence-electron chi connectivity index (χ4n) is 0.740. The minimum Gasteiger partial charge on any atom is -0.263 e. The van der Waals surface area contributed by atoms with Gasteiger partial charge in [-0.3, -0.25) is 4.55 Å². The van der Waals surface area contributed by atoms with Gasteiger partial charge in [0.05, 0.1) is 4.90 Å². The minimum atomic E-state index is -5.02. The van der Waals surface area contributed by atoms with Gasteiger partial charge in [-0.05, 0) is 12.1 Å². The Kier molecular flexibility index (Phi) is 7.75. The average molecular weight is 365 g/mol. The van der Waals surface area contributed by atoms with Crippen molar-refractivity contribution in [2.75, 3.05) is 0 Å². The molecule has 0 amide bonds. The maximum atomic E-state index is 11.1. The Morgan fingerprint density at radius 2 is 1.38 bits per heavy atom. The first kappa shape index (κ1) is 18.4. The molecule has 100 valence electrons. The predicted molar refractivity (Wildman–Crippen MR) is 46.3 cm³/mol. The van der Waals surface area contributed by atoms with Gasteiger partial charge in [-0.15, -0.1) is 3.63 Å². The van der Waals surface area contributed by atoms with Crippen molar-refractivity contribution in [2.24, 2.45) is 0 Å². The summed E-state index contributed by atoms with van der Waals surface area (Å²) < 4.78 is 54.2. The van der Waals surface area contributed by atoms with Gasteiger partial charge < -0.3 is 0 Å². The minimum absolute atomic E-state index is 0. The van der Waals surface area contributed by atoms with E-state index in [1.54, 1.807) is 6.07 Å². The third-order valence-electron chi connectivity index (χ3n) is 1.21. The van der Waals surface area contributed by atoms with Gasteiger partial charge in [-0.25, -0.2) is 0 Å². The Morgan fingerprint density at radius 1 is 0.938 bits per heavy atom. The number of hydrogen-bond acceptors (Lipinski definition) is 5. The molecule has 16 heavy (non-hydrogen) atoms. The molecule has 1 aromatic carbocycles. The Hall–Kier alpha value is 0.0790. The smallest absolute Gasteiger partial charge is 0.263 e. The van der Waals surface area contributed by atoms with E-state index < -0.39 is 20.5 Å². The van der Waals surface area contributed by atoms with Crippen LogP contribution in [0.25, 0.3) is 0 Å². The van der Waals surface area contributed by atoms with Gasteiger partial charge in [-0.2, -0.15) is 16.8 Å². The fraction of sp³-hybridized carbons (Fsp3) is 0. The molecule has 0 aliphatic carbocycles. The molecule has 1 N–H and O–H groups in total. The molecule has 6 nitrogen and oxygen atoms in total. The van der Waals surface area contributed by atoms with Crippen LogP contribution in [0.2, 0.25) is 0 Å². The molecule has 0 aliphatic heterocycles. The molecular formula is C6H6Cu2O6S2. The molecule has 0 fully saturated rings. The molecule has 1 rings (SSSR count). The summed E-state index contributed by atoms with van der Waals surface area (Å²) in [7, 11) is -9.47. The van der Waals surface area contributed by atoms with E-state index in [4.69, 9.17) is 4.55 Å². The number of hydrogen-bond donors (Lipinski definition) is 1. The summed E-state index contributed by atoms with van der Waals surface area (Å²) in [5, 5.41) is 0. The van der Waals surface area contributed by atoms with Crippen molar-refractivity contribution in [3.63, 3.8) is 0 Å². The maximum Gasteiger partial charge on any atom is 0.412 e. The van der Waals surface area contributed by atoms with E-state index >= 15 is 0 Å². The van der Waals surface area contributed by atoms with Gasteiger partial charge in [-0.1, -0.05) is 18.2 Å². The van der Waals surface area contributed by atoms with Gasteiger partial charge >= 0.3 is 20.5 Å². The number of rotatable bonds is 3. The van der Waals surface area contributed by atoms with Crippen LogP contribution in [-0.2, 0) is 58.3 Å². The van der Waals surface area contributed by atoms with Crippen LogP contribution < -0.4 is 0 Å². The van der Waals surface area contributed by atoms with Gasteiger partial charge in [0.25, 0.3) is 0 Å². The number of benzene rings is 1. The third kappa shape index (κ3) is 5.97. The maximum absolute atomic E-state index is 11.1. The molecule has 0 atom stereocenters. The van der Waals surface area contributed by atoms with Crippen LogP contribution in [0.4, 0.5) is 0 Å². The fourth-order valence-corrected chi connectivity index (χ4v) is 2.45. The second-order valence-corrected chi connectivity index (χ2v) is 5.04. The second-order valence-electron chi connectivity index (χ2n) is 2.26. The van der Waals surface area contributed by atoms with Gasteiger partial charge in [0.2, 0.25) is 0 Å². The summed E-state index contributed by atoms with van der Waals surface area (Å²) in [5.74, 6) is 0. The van der Waals surface area contributed by atoms with Gasteiger partial charge in [0.1, 0.15) is 0 Å². The zero-order valence-corrected chi connectivity index (χ0v) is 10.8. The van der Waals surface area contributed by atoms with Crippen LogP contribution in [0.3, 0.4) is 0 Å². The zero-order chi connectivity index (χ0) is 10.8. The topological polar surface area (TPSA) is 97.7 Å². The van der Waals surface area contributed by atoms with E-state index in [0.717, 1.165) is 12.1 Å². The summed E-state index contributed by atoms with van der Waals surface area (Å²) in [4.78, 5) is -0.349. The molecule has 0 heterocycles. The summed E-state index contributed by atoms with van der Waals surface area (Å²) in [6, 6.07) is 6.61. The predicted octanol–water partition coefficient (Wildman–Crippen LogP) is 0.190. The molecular weight excluding hydrogens is 359 g/mol. The normalized spacial score (nSPS) is 11.1. The van der Waals surface area contributed by atoms with E-state index in [9.17, 15) is 16.8 Å². The molecule has 0 bridgehead atoms. The van der Waals surface area contributed by atoms with Crippen molar-refractivity contribution in [1.29, 1.82) is 0 Å². The van der Waals surface area contributed by atoms with Gasteiger partial charge in [0.15, 0.2) is 0 Å². The van der Waals surface area contributed by atoms with Crippen molar-refractivity contribution in [2.45, 2.75) is 4.90 Å². The third-order valence-corrected chi connectivity index (χ3v) is 3.46. The molecule has 0 aliphatic rings. The zero-order valence-electron chi connectivity index (χ0n) is 7.29. The summed E-state index contributed by atoms with van der Waals surface area (Å²) in [6.45, 7) is 0. The first-order chi connectivity index (χ1) is 6.31. The van der Waals surface area contributed by atoms with Crippen LogP contribution in [0.1, 0.15) is 0 Å². The quantitative estimate of drug-likeness (QED) is 0.607. The summed E-state index contributed by atoms with van der Waals surface area (Å²) in [6.07, 6.45) is 0. The Balaban J connectivity index is 0. The van der Waals surface area contributed by atoms with E-state index in [-0.39, 0.29) is 39.0 Å². The van der Waals surface area contributed by atoms with Crippen molar-refractivity contribution in [1.82, 2.24) is 0 Å². The summed E-state index contributed by atoms with van der Waals surface area (Å²) in [5.41, 5.74) is 0. The largest absolute Gasteiger partial charge is 0.412 e. The van der Waals surface area contributed by atoms with E-state index in [1.165, 1.54) is 12.1 Å². The molecule has 0 saturated carbocycles. The van der Waals surface area contributed by atoms with Crippen molar-refractivity contribution < 1.29 is 59.2 Å². The van der Waals surface area contributed by atoms with Crippen LogP contribution in [0, 0.1) is 0 Å².